The van der Waals surface area contributed by atoms with Gasteiger partial charge in [-0.05, 0) is 111 Å². The molecule has 9 atom stereocenters. The highest BCUT2D eigenvalue weighted by Gasteiger charge is 2.56. The van der Waals surface area contributed by atoms with E-state index in [0.717, 1.165) is 60.2 Å². The maximum Gasteiger partial charge on any atom is 0.0543 e. The minimum atomic E-state index is -0.00138. The van der Waals surface area contributed by atoms with Crippen LogP contribution < -0.4 is 0 Å². The van der Waals surface area contributed by atoms with Crippen molar-refractivity contribution in [1.29, 1.82) is 0 Å². The average molecular weight is 405 g/mol. The third kappa shape index (κ3) is 4.75. The third-order valence-corrected chi connectivity index (χ3v) is 10.2. The minimum absolute atomic E-state index is 0.00138. The van der Waals surface area contributed by atoms with Crippen molar-refractivity contribution >= 4 is 0 Å². The van der Waals surface area contributed by atoms with E-state index in [1.165, 1.54) is 64.2 Å². The molecule has 170 valence electrons. The second kappa shape index (κ2) is 10.1. The molecule has 0 heterocycles. The van der Waals surface area contributed by atoms with E-state index in [1.54, 1.807) is 0 Å². The largest absolute Gasteiger partial charge is 0.393 e. The van der Waals surface area contributed by atoms with E-state index in [4.69, 9.17) is 0 Å². The summed E-state index contributed by atoms with van der Waals surface area (Å²) in [5, 5.41) is 10.2. The molecule has 0 aromatic rings. The van der Waals surface area contributed by atoms with Crippen molar-refractivity contribution in [3.05, 3.63) is 0 Å². The topological polar surface area (TPSA) is 20.2 Å². The molecule has 0 amide bonds. The maximum absolute atomic E-state index is 10.2. The smallest absolute Gasteiger partial charge is 0.0543 e. The summed E-state index contributed by atoms with van der Waals surface area (Å²) in [4.78, 5) is 0. The molecule has 4 fully saturated rings. The highest BCUT2D eigenvalue weighted by molar-refractivity contribution is 5.06. The van der Waals surface area contributed by atoms with E-state index in [1.807, 2.05) is 13.8 Å². The van der Waals surface area contributed by atoms with E-state index >= 15 is 0 Å². The zero-order valence-corrected chi connectivity index (χ0v) is 20.6. The first-order valence-electron chi connectivity index (χ1n) is 13.6. The van der Waals surface area contributed by atoms with Crippen LogP contribution in [0.3, 0.4) is 0 Å². The van der Waals surface area contributed by atoms with Crippen LogP contribution in [-0.4, -0.2) is 11.2 Å². The monoisotopic (exact) mass is 404 g/mol. The lowest BCUT2D eigenvalue weighted by atomic mass is 9.47. The third-order valence-electron chi connectivity index (χ3n) is 10.2. The van der Waals surface area contributed by atoms with Crippen LogP contribution in [-0.2, 0) is 0 Å². The minimum Gasteiger partial charge on any atom is -0.393 e. The lowest BCUT2D eigenvalue weighted by molar-refractivity contribution is -0.109. The Morgan fingerprint density at radius 1 is 0.828 bits per heavy atom. The van der Waals surface area contributed by atoms with Gasteiger partial charge in [-0.25, -0.2) is 0 Å². The van der Waals surface area contributed by atoms with E-state index < -0.39 is 0 Å². The Morgan fingerprint density at radius 3 is 2.24 bits per heavy atom. The first-order valence-corrected chi connectivity index (χ1v) is 13.6. The molecule has 0 aromatic carbocycles. The first kappa shape index (κ1) is 23.6. The van der Waals surface area contributed by atoms with Gasteiger partial charge in [0.2, 0.25) is 0 Å². The van der Waals surface area contributed by atoms with Crippen LogP contribution in [0.2, 0.25) is 0 Å². The van der Waals surface area contributed by atoms with Crippen molar-refractivity contribution in [2.24, 2.45) is 52.8 Å². The van der Waals surface area contributed by atoms with Gasteiger partial charge in [0.15, 0.2) is 0 Å². The number of hydrogen-bond donors (Lipinski definition) is 1. The Balaban J connectivity index is 0.00000117. The van der Waals surface area contributed by atoms with Gasteiger partial charge in [0.1, 0.15) is 0 Å². The summed E-state index contributed by atoms with van der Waals surface area (Å²) in [5.74, 6) is 7.75. The van der Waals surface area contributed by atoms with Gasteiger partial charge >= 0.3 is 0 Å². The number of hydrogen-bond acceptors (Lipinski definition) is 1. The Labute approximate surface area is 182 Å². The lowest BCUT2D eigenvalue weighted by Gasteiger charge is -2.59. The maximum atomic E-state index is 10.2. The summed E-state index contributed by atoms with van der Waals surface area (Å²) in [5.41, 5.74) is 0.550. The fourth-order valence-electron chi connectivity index (χ4n) is 8.70. The molecule has 4 aliphatic carbocycles. The second-order valence-electron chi connectivity index (χ2n) is 11.9. The molecule has 0 bridgehead atoms. The van der Waals surface area contributed by atoms with E-state index in [-0.39, 0.29) is 6.10 Å². The summed E-state index contributed by atoms with van der Waals surface area (Å²) in [7, 11) is 0. The van der Waals surface area contributed by atoms with Crippen LogP contribution in [0.25, 0.3) is 0 Å². The number of rotatable bonds is 5. The molecule has 0 radical (unpaired) electrons. The predicted molar refractivity (Wildman–Crippen MR) is 126 cm³/mol. The van der Waals surface area contributed by atoms with Crippen LogP contribution in [0.5, 0.6) is 0 Å². The molecule has 4 saturated carbocycles. The molecular formula is C28H52O. The van der Waals surface area contributed by atoms with Crippen molar-refractivity contribution in [2.75, 3.05) is 0 Å². The fraction of sp³-hybridized carbons (Fsp3) is 1.00. The summed E-state index contributed by atoms with van der Waals surface area (Å²) in [6.07, 6.45) is 16.8. The van der Waals surface area contributed by atoms with E-state index in [2.05, 4.69) is 27.7 Å². The molecule has 8 unspecified atom stereocenters. The van der Waals surface area contributed by atoms with Gasteiger partial charge in [-0.3, -0.25) is 0 Å². The number of aliphatic hydroxyl groups excluding tert-OH is 1. The summed E-state index contributed by atoms with van der Waals surface area (Å²) >= 11 is 0. The molecule has 29 heavy (non-hydrogen) atoms. The Morgan fingerprint density at radius 2 is 1.52 bits per heavy atom. The highest BCUT2D eigenvalue weighted by atomic mass is 16.3. The van der Waals surface area contributed by atoms with Crippen LogP contribution >= 0.6 is 0 Å². The van der Waals surface area contributed by atoms with Gasteiger partial charge in [-0.15, -0.1) is 0 Å². The van der Waals surface area contributed by atoms with E-state index in [9.17, 15) is 5.11 Å². The normalized spacial score (nSPS) is 44.9. The van der Waals surface area contributed by atoms with Crippen LogP contribution in [0, 0.1) is 52.8 Å². The van der Waals surface area contributed by atoms with Crippen LogP contribution in [0.4, 0.5) is 0 Å². The molecular weight excluding hydrogens is 352 g/mol. The standard InChI is InChI=1S/C26H46O.C2H6/c1-17(2)6-5-7-18(3)21-10-11-23-22(21)12-13-25-24(23)9-8-19-16-20(27)14-15-26(19,25)4;1-2/h17-25,27H,5-16H2,1-4H3;1-2H3/t18-,19?,20?,21?,22?,23?,24?,25?,26?;/m1./s1. The van der Waals surface area contributed by atoms with E-state index in [0.29, 0.717) is 5.41 Å². The molecule has 1 heteroatoms. The molecule has 1 nitrogen and oxygen atoms in total. The van der Waals surface area contributed by atoms with Gasteiger partial charge < -0.3 is 5.11 Å². The zero-order valence-electron chi connectivity index (χ0n) is 20.6. The number of aliphatic hydroxyl groups is 1. The Kier molecular flexibility index (Phi) is 8.19. The van der Waals surface area contributed by atoms with Crippen LogP contribution in [0.1, 0.15) is 119 Å². The van der Waals surface area contributed by atoms with Crippen molar-refractivity contribution in [2.45, 2.75) is 125 Å². The molecule has 0 aromatic heterocycles. The van der Waals surface area contributed by atoms with Gasteiger partial charge in [-0.1, -0.05) is 60.8 Å². The summed E-state index contributed by atoms with van der Waals surface area (Å²) in [6.45, 7) is 14.0. The average Bonchev–Trinajstić information content (AvgIpc) is 3.14. The van der Waals surface area contributed by atoms with Crippen LogP contribution in [0.15, 0.2) is 0 Å². The van der Waals surface area contributed by atoms with Gasteiger partial charge in [-0.2, -0.15) is 0 Å². The fourth-order valence-corrected chi connectivity index (χ4v) is 8.70. The molecule has 4 rings (SSSR count). The molecule has 1 N–H and O–H groups in total. The Hall–Kier alpha value is -0.0400. The lowest BCUT2D eigenvalue weighted by Crippen LogP contribution is -2.52. The molecule has 0 aliphatic heterocycles. The van der Waals surface area contributed by atoms with Crippen molar-refractivity contribution in [3.8, 4) is 0 Å². The highest BCUT2D eigenvalue weighted by Crippen LogP contribution is 2.64. The zero-order chi connectivity index (χ0) is 21.2. The second-order valence-corrected chi connectivity index (χ2v) is 11.9. The first-order chi connectivity index (χ1) is 13.9. The summed E-state index contributed by atoms with van der Waals surface area (Å²) < 4.78 is 0. The van der Waals surface area contributed by atoms with Crippen molar-refractivity contribution in [3.63, 3.8) is 0 Å². The van der Waals surface area contributed by atoms with Crippen molar-refractivity contribution < 1.29 is 5.11 Å². The quantitative estimate of drug-likeness (QED) is 0.490. The van der Waals surface area contributed by atoms with Gasteiger partial charge in [0, 0.05) is 0 Å². The predicted octanol–water partition coefficient (Wildman–Crippen LogP) is 8.10. The summed E-state index contributed by atoms with van der Waals surface area (Å²) in [6, 6.07) is 0. The van der Waals surface area contributed by atoms with Gasteiger partial charge in [0.25, 0.3) is 0 Å². The Bertz CT molecular complexity index is 499. The molecule has 0 saturated heterocycles. The van der Waals surface area contributed by atoms with Crippen molar-refractivity contribution in [1.82, 2.24) is 0 Å². The van der Waals surface area contributed by atoms with Gasteiger partial charge in [0.05, 0.1) is 6.10 Å². The number of fused-ring (bicyclic) bond motifs is 5. The molecule has 4 aliphatic rings. The SMILES string of the molecule is CC.CC(C)CCC[C@@H](C)C1CCC2C1CCC1C2CCC2CC(O)CCC21C. The molecule has 0 spiro atoms.